The number of rotatable bonds is 10. The minimum Gasteiger partial charge on any atom is -0.494 e. The minimum atomic E-state index is -0.594. The number of nitrogens with zero attached hydrogens (tertiary/aromatic N) is 2. The van der Waals surface area contributed by atoms with Gasteiger partial charge in [-0.2, -0.15) is 0 Å². The van der Waals surface area contributed by atoms with Gasteiger partial charge in [-0.15, -0.1) is 0 Å². The molecule has 4 N–H and O–H groups in total. The molecular weight excluding hydrogens is 492 g/mol. The maximum Gasteiger partial charge on any atom is 0.248 e. The number of carbonyl (C=O) groups excluding carboxylic acids is 2. The lowest BCUT2D eigenvalue weighted by Gasteiger charge is -2.26. The molecule has 1 fully saturated rings. The summed E-state index contributed by atoms with van der Waals surface area (Å²) in [6.07, 6.45) is 6.55. The minimum absolute atomic E-state index is 0.0391. The molecule has 1 aliphatic heterocycles. The van der Waals surface area contributed by atoms with Crippen LogP contribution in [0.4, 0.5) is 5.69 Å². The summed E-state index contributed by atoms with van der Waals surface area (Å²) in [6.45, 7) is 4.16. The Kier molecular flexibility index (Phi) is 8.03. The number of hydrogen-bond acceptors (Lipinski definition) is 6. The Balaban J connectivity index is 1.22. The van der Waals surface area contributed by atoms with Crippen LogP contribution in [0.25, 0.3) is 10.9 Å². The van der Waals surface area contributed by atoms with Gasteiger partial charge in [-0.3, -0.25) is 14.6 Å². The zero-order chi connectivity index (χ0) is 27.2. The number of aliphatic imine (C=N–C) groups is 1. The highest BCUT2D eigenvalue weighted by Crippen LogP contribution is 2.28. The SMILES string of the molecule is NC(=O)c1cccc(C(=O)c2ccc3c(C=Nc4ccc(OCCCN5CCCCC5)cc4)c(O)[nH]c3c2)c1. The predicted octanol–water partition coefficient (Wildman–Crippen LogP) is 5.21. The van der Waals surface area contributed by atoms with Crippen molar-refractivity contribution < 1.29 is 19.4 Å². The highest BCUT2D eigenvalue weighted by atomic mass is 16.5. The number of carbonyl (C=O) groups is 2. The summed E-state index contributed by atoms with van der Waals surface area (Å²) in [7, 11) is 0. The highest BCUT2D eigenvalue weighted by Gasteiger charge is 2.15. The number of benzene rings is 3. The van der Waals surface area contributed by atoms with E-state index in [2.05, 4.69) is 14.9 Å². The molecule has 0 bridgehead atoms. The molecule has 8 nitrogen and oxygen atoms in total. The van der Waals surface area contributed by atoms with E-state index in [1.807, 2.05) is 24.3 Å². The third-order valence-electron chi connectivity index (χ3n) is 7.00. The number of amides is 1. The Morgan fingerprint density at radius 2 is 1.72 bits per heavy atom. The number of ketones is 1. The number of ether oxygens (including phenoxy) is 1. The first kappa shape index (κ1) is 26.2. The largest absolute Gasteiger partial charge is 0.494 e. The quantitative estimate of drug-likeness (QED) is 0.149. The maximum atomic E-state index is 13.0. The molecule has 39 heavy (non-hydrogen) atoms. The van der Waals surface area contributed by atoms with Crippen LogP contribution in [-0.4, -0.2) is 59.1 Å². The lowest BCUT2D eigenvalue weighted by molar-refractivity contribution is 0.1000. The average Bonchev–Trinajstić information content (AvgIpc) is 3.29. The summed E-state index contributed by atoms with van der Waals surface area (Å²) >= 11 is 0. The van der Waals surface area contributed by atoms with Gasteiger partial charge < -0.3 is 25.5 Å². The Morgan fingerprint density at radius 1 is 0.974 bits per heavy atom. The number of H-pyrrole nitrogens is 1. The summed E-state index contributed by atoms with van der Waals surface area (Å²) < 4.78 is 5.89. The first-order valence-electron chi connectivity index (χ1n) is 13.3. The fourth-order valence-corrected chi connectivity index (χ4v) is 4.89. The van der Waals surface area contributed by atoms with E-state index < -0.39 is 5.91 Å². The second-order valence-corrected chi connectivity index (χ2v) is 9.78. The van der Waals surface area contributed by atoms with Crippen molar-refractivity contribution in [2.75, 3.05) is 26.2 Å². The van der Waals surface area contributed by atoms with Crippen LogP contribution in [0.1, 0.15) is 57.5 Å². The van der Waals surface area contributed by atoms with Gasteiger partial charge in [0.2, 0.25) is 5.91 Å². The van der Waals surface area contributed by atoms with E-state index >= 15 is 0 Å². The van der Waals surface area contributed by atoms with Crippen molar-refractivity contribution in [3.63, 3.8) is 0 Å². The van der Waals surface area contributed by atoms with Crippen molar-refractivity contribution in [3.05, 3.63) is 89.0 Å². The number of aromatic nitrogens is 1. The topological polar surface area (TPSA) is 121 Å². The van der Waals surface area contributed by atoms with Crippen molar-refractivity contribution in [1.29, 1.82) is 0 Å². The molecule has 2 heterocycles. The second-order valence-electron chi connectivity index (χ2n) is 9.78. The molecule has 1 saturated heterocycles. The van der Waals surface area contributed by atoms with Gasteiger partial charge in [0.25, 0.3) is 0 Å². The molecule has 0 unspecified atom stereocenters. The molecule has 0 radical (unpaired) electrons. The molecule has 0 aliphatic carbocycles. The average molecular weight is 525 g/mol. The predicted molar refractivity (Wildman–Crippen MR) is 152 cm³/mol. The molecule has 200 valence electrons. The fraction of sp³-hybridized carbons (Fsp3) is 0.258. The summed E-state index contributed by atoms with van der Waals surface area (Å²) in [5, 5.41) is 11.2. The fourth-order valence-electron chi connectivity index (χ4n) is 4.89. The maximum absolute atomic E-state index is 13.0. The molecule has 0 atom stereocenters. The van der Waals surface area contributed by atoms with Gasteiger partial charge >= 0.3 is 0 Å². The van der Waals surface area contributed by atoms with Gasteiger partial charge in [-0.25, -0.2) is 0 Å². The Hall–Kier alpha value is -4.43. The number of likely N-dealkylation sites (tertiary alicyclic amines) is 1. The normalized spacial score (nSPS) is 14.2. The molecule has 5 rings (SSSR count). The van der Waals surface area contributed by atoms with E-state index in [4.69, 9.17) is 10.5 Å². The van der Waals surface area contributed by atoms with Crippen LogP contribution >= 0.6 is 0 Å². The van der Waals surface area contributed by atoms with Gasteiger partial charge in [0, 0.05) is 40.4 Å². The summed E-state index contributed by atoms with van der Waals surface area (Å²) in [5.41, 5.74) is 8.23. The Morgan fingerprint density at radius 3 is 2.49 bits per heavy atom. The molecule has 1 aromatic heterocycles. The number of nitrogens with one attached hydrogen (secondary N) is 1. The first-order valence-corrected chi connectivity index (χ1v) is 13.3. The van der Waals surface area contributed by atoms with Crippen molar-refractivity contribution in [2.45, 2.75) is 25.7 Å². The zero-order valence-electron chi connectivity index (χ0n) is 21.7. The van der Waals surface area contributed by atoms with E-state index in [1.54, 1.807) is 42.6 Å². The van der Waals surface area contributed by atoms with Crippen molar-refractivity contribution in [1.82, 2.24) is 9.88 Å². The molecule has 0 spiro atoms. The van der Waals surface area contributed by atoms with Gasteiger partial charge in [-0.1, -0.05) is 30.7 Å². The number of fused-ring (bicyclic) bond motifs is 1. The second kappa shape index (κ2) is 12.0. The molecule has 4 aromatic rings. The number of aromatic hydroxyl groups is 1. The van der Waals surface area contributed by atoms with Crippen LogP contribution in [-0.2, 0) is 0 Å². The van der Waals surface area contributed by atoms with Crippen LogP contribution in [0.5, 0.6) is 11.6 Å². The van der Waals surface area contributed by atoms with Crippen LogP contribution in [0, 0.1) is 0 Å². The molecular formula is C31H32N4O4. The van der Waals surface area contributed by atoms with Crippen LogP contribution < -0.4 is 10.5 Å². The van der Waals surface area contributed by atoms with E-state index in [9.17, 15) is 14.7 Å². The molecule has 3 aromatic carbocycles. The summed E-state index contributed by atoms with van der Waals surface area (Å²) in [6, 6.07) is 19.0. The van der Waals surface area contributed by atoms with Gasteiger partial charge in [0.05, 0.1) is 17.9 Å². The van der Waals surface area contributed by atoms with Crippen molar-refractivity contribution in [3.8, 4) is 11.6 Å². The summed E-state index contributed by atoms with van der Waals surface area (Å²) in [4.78, 5) is 34.4. The molecule has 1 aliphatic rings. The van der Waals surface area contributed by atoms with Crippen molar-refractivity contribution >= 4 is 34.5 Å². The van der Waals surface area contributed by atoms with Crippen molar-refractivity contribution in [2.24, 2.45) is 10.7 Å². The molecule has 1 amide bonds. The Labute approximate surface area is 227 Å². The number of piperidine rings is 1. The van der Waals surface area contributed by atoms with E-state index in [1.165, 1.54) is 38.4 Å². The standard InChI is InChI=1S/C31H32N4O4/c32-30(37)23-7-4-6-21(18-23)29(36)22-8-13-26-27(31(38)34-28(26)19-22)20-33-24-9-11-25(12-10-24)39-17-5-16-35-14-2-1-3-15-35/h4,6-13,18-20,34,38H,1-3,5,14-17H2,(H2,32,37). The zero-order valence-corrected chi connectivity index (χ0v) is 21.7. The number of hydrogen-bond donors (Lipinski definition) is 3. The molecule has 0 saturated carbocycles. The van der Waals surface area contributed by atoms with Gasteiger partial charge in [0.1, 0.15) is 5.75 Å². The van der Waals surface area contributed by atoms with E-state index in [0.29, 0.717) is 28.8 Å². The summed E-state index contributed by atoms with van der Waals surface area (Å²) in [5.74, 6) is -0.0781. The Bertz CT molecular complexity index is 1500. The smallest absolute Gasteiger partial charge is 0.248 e. The van der Waals surface area contributed by atoms with Crippen LogP contribution in [0.2, 0.25) is 0 Å². The van der Waals surface area contributed by atoms with Gasteiger partial charge in [-0.05, 0) is 74.8 Å². The number of nitrogens with two attached hydrogens (primary N) is 1. The first-order chi connectivity index (χ1) is 19.0. The monoisotopic (exact) mass is 524 g/mol. The number of aromatic amines is 1. The van der Waals surface area contributed by atoms with Gasteiger partial charge in [0.15, 0.2) is 11.7 Å². The van der Waals surface area contributed by atoms with E-state index in [0.717, 1.165) is 29.8 Å². The third kappa shape index (κ3) is 6.35. The number of primary amides is 1. The molecule has 8 heteroatoms. The lowest BCUT2D eigenvalue weighted by atomic mass is 10.00. The van der Waals surface area contributed by atoms with E-state index in [-0.39, 0.29) is 17.2 Å². The van der Waals surface area contributed by atoms with Crippen LogP contribution in [0.15, 0.2) is 71.7 Å². The van der Waals surface area contributed by atoms with Crippen LogP contribution in [0.3, 0.4) is 0 Å². The third-order valence-corrected chi connectivity index (χ3v) is 7.00. The lowest BCUT2D eigenvalue weighted by Crippen LogP contribution is -2.31. The highest BCUT2D eigenvalue weighted by molar-refractivity contribution is 6.12.